The Balaban J connectivity index is 1.71. The van der Waals surface area contributed by atoms with Crippen LogP contribution in [0.5, 0.6) is 0 Å². The van der Waals surface area contributed by atoms with Crippen molar-refractivity contribution in [2.75, 3.05) is 13.1 Å². The summed E-state index contributed by atoms with van der Waals surface area (Å²) in [5.41, 5.74) is 4.83. The zero-order valence-electron chi connectivity index (χ0n) is 17.9. The fourth-order valence-corrected chi connectivity index (χ4v) is 3.49. The van der Waals surface area contributed by atoms with Crippen molar-refractivity contribution in [1.82, 2.24) is 25.4 Å². The van der Waals surface area contributed by atoms with Crippen LogP contribution in [0.2, 0.25) is 0 Å². The molecule has 1 aromatic carbocycles. The maximum absolute atomic E-state index is 14.8. The Labute approximate surface area is 181 Å². The van der Waals surface area contributed by atoms with Crippen LogP contribution in [0.15, 0.2) is 59.8 Å². The van der Waals surface area contributed by atoms with Crippen LogP contribution in [0.3, 0.4) is 0 Å². The first-order chi connectivity index (χ1) is 15.0. The van der Waals surface area contributed by atoms with E-state index in [1.165, 1.54) is 0 Å². The highest BCUT2D eigenvalue weighted by Crippen LogP contribution is 2.23. The molecule has 0 atom stereocenters. The molecule has 0 aliphatic heterocycles. The number of halogens is 1. The molecule has 0 fully saturated rings. The average molecular weight is 426 g/mol. The number of rotatable bonds is 9. The van der Waals surface area contributed by atoms with Gasteiger partial charge >= 0.3 is 0 Å². The summed E-state index contributed by atoms with van der Waals surface area (Å²) in [6.45, 7) is 7.30. The van der Waals surface area contributed by atoms with Crippen molar-refractivity contribution in [3.05, 3.63) is 71.2 Å². The number of benzene rings is 1. The van der Waals surface area contributed by atoms with Gasteiger partial charge in [0.2, 0.25) is 0 Å². The number of carbonyl (C=O) groups excluding carboxylic acids is 1. The number of hydroxylamine groups is 1. The Morgan fingerprint density at radius 3 is 2.87 bits per heavy atom. The van der Waals surface area contributed by atoms with E-state index in [9.17, 15) is 9.18 Å². The van der Waals surface area contributed by atoms with Crippen molar-refractivity contribution < 1.29 is 14.4 Å². The summed E-state index contributed by atoms with van der Waals surface area (Å²) in [6, 6.07) is 5.26. The summed E-state index contributed by atoms with van der Waals surface area (Å²) in [4.78, 5) is 13.8. The monoisotopic (exact) mass is 425 g/mol. The molecule has 0 saturated heterocycles. The Bertz CT molecular complexity index is 1010. The number of hydrogen-bond donors (Lipinski definition) is 2. The van der Waals surface area contributed by atoms with Gasteiger partial charge in [0.15, 0.2) is 0 Å². The van der Waals surface area contributed by atoms with E-state index in [0.29, 0.717) is 29.8 Å². The molecule has 8 heteroatoms. The number of nitrogens with zero attached hydrogens (tertiary/aromatic N) is 4. The summed E-state index contributed by atoms with van der Waals surface area (Å²) in [5, 5.41) is 17.0. The lowest BCUT2D eigenvalue weighted by atomic mass is 10.1. The van der Waals surface area contributed by atoms with Gasteiger partial charge in [-0.3, -0.25) is 14.9 Å². The molecule has 0 saturated carbocycles. The minimum absolute atomic E-state index is 0.312. The van der Waals surface area contributed by atoms with Crippen molar-refractivity contribution in [2.45, 2.75) is 39.8 Å². The van der Waals surface area contributed by atoms with E-state index in [4.69, 9.17) is 5.21 Å². The molecule has 1 heterocycles. The van der Waals surface area contributed by atoms with E-state index in [-0.39, 0.29) is 5.82 Å². The number of aromatic nitrogens is 3. The highest BCUT2D eigenvalue weighted by atomic mass is 19.1. The second kappa shape index (κ2) is 10.8. The number of allylic oxidation sites excluding steroid dienone is 5. The van der Waals surface area contributed by atoms with Gasteiger partial charge in [-0.2, -0.15) is 0 Å². The molecule has 0 unspecified atom stereocenters. The third-order valence-electron chi connectivity index (χ3n) is 5.15. The maximum Gasteiger partial charge on any atom is 0.270 e. The first-order valence-corrected chi connectivity index (χ1v) is 10.5. The second-order valence-electron chi connectivity index (χ2n) is 7.47. The second-order valence-corrected chi connectivity index (χ2v) is 7.47. The third kappa shape index (κ3) is 5.96. The van der Waals surface area contributed by atoms with Gasteiger partial charge in [-0.1, -0.05) is 49.4 Å². The first-order valence-electron chi connectivity index (χ1n) is 10.5. The molecule has 31 heavy (non-hydrogen) atoms. The third-order valence-corrected chi connectivity index (χ3v) is 5.15. The lowest BCUT2D eigenvalue weighted by Gasteiger charge is -2.19. The van der Waals surface area contributed by atoms with Gasteiger partial charge in [0.1, 0.15) is 11.5 Å². The van der Waals surface area contributed by atoms with Crippen LogP contribution in [-0.2, 0) is 17.9 Å². The van der Waals surface area contributed by atoms with Crippen LogP contribution in [0.25, 0.3) is 11.3 Å². The van der Waals surface area contributed by atoms with Crippen LogP contribution < -0.4 is 5.48 Å². The number of carbonyl (C=O) groups is 1. The van der Waals surface area contributed by atoms with Crippen molar-refractivity contribution in [1.29, 1.82) is 0 Å². The van der Waals surface area contributed by atoms with Gasteiger partial charge in [0, 0.05) is 17.7 Å². The van der Waals surface area contributed by atoms with E-state index in [2.05, 4.69) is 29.1 Å². The largest absolute Gasteiger partial charge is 0.299 e. The van der Waals surface area contributed by atoms with Crippen molar-refractivity contribution >= 4 is 5.91 Å². The molecule has 164 valence electrons. The molecular formula is C23H28FN5O2. The smallest absolute Gasteiger partial charge is 0.270 e. The Morgan fingerprint density at radius 1 is 1.32 bits per heavy atom. The van der Waals surface area contributed by atoms with Crippen LogP contribution in [0.1, 0.15) is 32.3 Å². The van der Waals surface area contributed by atoms with E-state index in [0.717, 1.165) is 37.2 Å². The molecule has 0 bridgehead atoms. The zero-order chi connectivity index (χ0) is 22.2. The van der Waals surface area contributed by atoms with Crippen molar-refractivity contribution in [3.63, 3.8) is 0 Å². The molecule has 3 rings (SSSR count). The van der Waals surface area contributed by atoms with E-state index >= 15 is 0 Å². The van der Waals surface area contributed by atoms with Gasteiger partial charge in [0.05, 0.1) is 12.7 Å². The summed E-state index contributed by atoms with van der Waals surface area (Å²) in [6.07, 6.45) is 10.4. The summed E-state index contributed by atoms with van der Waals surface area (Å²) in [5.74, 6) is -0.839. The lowest BCUT2D eigenvalue weighted by molar-refractivity contribution is -0.125. The number of amides is 1. The summed E-state index contributed by atoms with van der Waals surface area (Å²) < 4.78 is 16.4. The summed E-state index contributed by atoms with van der Waals surface area (Å²) in [7, 11) is 0. The van der Waals surface area contributed by atoms with Gasteiger partial charge in [-0.25, -0.2) is 14.6 Å². The molecule has 1 aliphatic carbocycles. The molecular weight excluding hydrogens is 397 g/mol. The van der Waals surface area contributed by atoms with E-state index in [1.807, 2.05) is 18.2 Å². The van der Waals surface area contributed by atoms with Crippen molar-refractivity contribution in [3.8, 4) is 11.3 Å². The Hall–Kier alpha value is -3.10. The maximum atomic E-state index is 14.8. The molecule has 2 aromatic rings. The standard InChI is InChI=1S/C23H28FN5O2/c1-3-12-28(4-2)14-18-9-11-20(21(24)13-18)22-16-29(27-25-22)15-17-6-5-7-19(10-8-17)23(30)26-31/h5-6,8-11,13,16,31H,3-4,7,12,14-15H2,1-2H3,(H,26,30). The Kier molecular flexibility index (Phi) is 7.86. The van der Waals surface area contributed by atoms with Crippen molar-refractivity contribution in [2.24, 2.45) is 0 Å². The fraction of sp³-hybridized carbons (Fsp3) is 0.348. The predicted octanol–water partition coefficient (Wildman–Crippen LogP) is 3.63. The van der Waals surface area contributed by atoms with E-state index in [1.54, 1.807) is 40.6 Å². The van der Waals surface area contributed by atoms with Crippen LogP contribution in [0.4, 0.5) is 4.39 Å². The fourth-order valence-electron chi connectivity index (χ4n) is 3.49. The molecule has 1 amide bonds. The molecule has 0 radical (unpaired) electrons. The molecule has 7 nitrogen and oxygen atoms in total. The highest BCUT2D eigenvalue weighted by molar-refractivity contribution is 5.93. The average Bonchev–Trinajstić information content (AvgIpc) is 3.10. The minimum atomic E-state index is -0.527. The molecule has 1 aliphatic rings. The zero-order valence-corrected chi connectivity index (χ0v) is 17.9. The van der Waals surface area contributed by atoms with Gasteiger partial charge in [0.25, 0.3) is 5.91 Å². The molecule has 1 aromatic heterocycles. The first kappa shape index (κ1) is 22.6. The van der Waals surface area contributed by atoms with Crippen LogP contribution >= 0.6 is 0 Å². The quantitative estimate of drug-likeness (QED) is 0.474. The molecule has 0 spiro atoms. The normalized spacial score (nSPS) is 13.7. The number of nitrogens with one attached hydrogen (secondary N) is 1. The van der Waals surface area contributed by atoms with Gasteiger partial charge < -0.3 is 0 Å². The lowest BCUT2D eigenvalue weighted by Crippen LogP contribution is -2.23. The Morgan fingerprint density at radius 2 is 2.16 bits per heavy atom. The number of hydrogen-bond acceptors (Lipinski definition) is 5. The van der Waals surface area contributed by atoms with E-state index < -0.39 is 5.91 Å². The van der Waals surface area contributed by atoms with Crippen LogP contribution in [-0.4, -0.2) is 44.1 Å². The highest BCUT2D eigenvalue weighted by Gasteiger charge is 2.13. The van der Waals surface area contributed by atoms with Crippen LogP contribution in [0, 0.1) is 5.82 Å². The topological polar surface area (TPSA) is 83.3 Å². The molecule has 2 N–H and O–H groups in total. The predicted molar refractivity (Wildman–Crippen MR) is 117 cm³/mol. The minimum Gasteiger partial charge on any atom is -0.299 e. The van der Waals surface area contributed by atoms with Gasteiger partial charge in [-0.15, -0.1) is 5.10 Å². The summed E-state index contributed by atoms with van der Waals surface area (Å²) >= 11 is 0. The van der Waals surface area contributed by atoms with Gasteiger partial charge in [-0.05, 0) is 49.2 Å². The SMILES string of the molecule is CCCN(CC)Cc1ccc(-c2cn(CC3=CC=C(C(=O)NO)CC=C3)nn2)c(F)c1.